The van der Waals surface area contributed by atoms with E-state index in [1.54, 1.807) is 14.2 Å². The summed E-state index contributed by atoms with van der Waals surface area (Å²) in [7, 11) is 3.28. The van der Waals surface area contributed by atoms with E-state index in [-0.39, 0.29) is 5.41 Å². The van der Waals surface area contributed by atoms with Gasteiger partial charge in [0.1, 0.15) is 0 Å². The first kappa shape index (κ1) is 19.1. The fraction of sp³-hybridized carbons (Fsp3) is 0.409. The SMILES string of the molecule is COc1ccc(C(C)(C)CN=C(N)Nc2ccc3c(c2)CCC3)cc1OC. The minimum atomic E-state index is -0.191. The third-order valence-corrected chi connectivity index (χ3v) is 5.18. The molecule has 0 saturated carbocycles. The molecule has 1 aliphatic carbocycles. The van der Waals surface area contributed by atoms with Crippen molar-refractivity contribution >= 4 is 11.6 Å². The second kappa shape index (κ2) is 7.91. The first-order chi connectivity index (χ1) is 12.9. The molecule has 0 amide bonds. The summed E-state index contributed by atoms with van der Waals surface area (Å²) in [5.74, 6) is 1.87. The molecule has 2 aromatic carbocycles. The third kappa shape index (κ3) is 4.35. The monoisotopic (exact) mass is 367 g/mol. The molecular formula is C22H29N3O2. The smallest absolute Gasteiger partial charge is 0.193 e. The number of benzene rings is 2. The maximum Gasteiger partial charge on any atom is 0.193 e. The summed E-state index contributed by atoms with van der Waals surface area (Å²) in [6, 6.07) is 12.4. The second-order valence-electron chi connectivity index (χ2n) is 7.62. The molecule has 2 aromatic rings. The topological polar surface area (TPSA) is 68.9 Å². The van der Waals surface area contributed by atoms with Gasteiger partial charge >= 0.3 is 0 Å². The summed E-state index contributed by atoms with van der Waals surface area (Å²) in [6.07, 6.45) is 3.56. The summed E-state index contributed by atoms with van der Waals surface area (Å²) in [5, 5.41) is 3.22. The van der Waals surface area contributed by atoms with Crippen LogP contribution < -0.4 is 20.5 Å². The number of guanidine groups is 1. The van der Waals surface area contributed by atoms with E-state index in [1.165, 1.54) is 24.0 Å². The Morgan fingerprint density at radius 2 is 1.78 bits per heavy atom. The number of nitrogens with zero attached hydrogens (tertiary/aromatic N) is 1. The molecule has 0 bridgehead atoms. The molecule has 0 unspecified atom stereocenters. The van der Waals surface area contributed by atoms with Gasteiger partial charge in [-0.15, -0.1) is 0 Å². The van der Waals surface area contributed by atoms with Crippen molar-refractivity contribution in [3.8, 4) is 11.5 Å². The van der Waals surface area contributed by atoms with E-state index in [4.69, 9.17) is 15.2 Å². The van der Waals surface area contributed by atoms with E-state index in [1.807, 2.05) is 18.2 Å². The highest BCUT2D eigenvalue weighted by molar-refractivity contribution is 5.92. The van der Waals surface area contributed by atoms with Crippen molar-refractivity contribution in [1.29, 1.82) is 0 Å². The summed E-state index contributed by atoms with van der Waals surface area (Å²) in [4.78, 5) is 4.57. The number of hydrogen-bond donors (Lipinski definition) is 2. The number of nitrogens with two attached hydrogens (primary N) is 1. The lowest BCUT2D eigenvalue weighted by Crippen LogP contribution is -2.27. The summed E-state index contributed by atoms with van der Waals surface area (Å²) >= 11 is 0. The van der Waals surface area contributed by atoms with Crippen LogP contribution in [0.2, 0.25) is 0 Å². The van der Waals surface area contributed by atoms with Crippen LogP contribution in [0.5, 0.6) is 11.5 Å². The van der Waals surface area contributed by atoms with Crippen LogP contribution in [0.4, 0.5) is 5.69 Å². The number of anilines is 1. The van der Waals surface area contributed by atoms with Gasteiger partial charge in [-0.05, 0) is 60.2 Å². The molecule has 144 valence electrons. The van der Waals surface area contributed by atoms with E-state index in [2.05, 4.69) is 42.4 Å². The zero-order chi connectivity index (χ0) is 19.4. The van der Waals surface area contributed by atoms with Gasteiger partial charge in [0.25, 0.3) is 0 Å². The number of rotatable bonds is 6. The van der Waals surface area contributed by atoms with Crippen LogP contribution in [0, 0.1) is 0 Å². The van der Waals surface area contributed by atoms with E-state index in [9.17, 15) is 0 Å². The molecule has 1 aliphatic rings. The number of aliphatic imine (C=N–C) groups is 1. The van der Waals surface area contributed by atoms with Crippen molar-refractivity contribution in [3.63, 3.8) is 0 Å². The lowest BCUT2D eigenvalue weighted by Gasteiger charge is -2.24. The van der Waals surface area contributed by atoms with Crippen LogP contribution in [-0.2, 0) is 18.3 Å². The standard InChI is InChI=1S/C22H29N3O2/c1-22(2,17-9-11-19(26-3)20(13-17)27-4)14-24-21(23)25-18-10-8-15-6-5-7-16(15)12-18/h8-13H,5-7,14H2,1-4H3,(H3,23,24,25). The van der Waals surface area contributed by atoms with Gasteiger partial charge in [-0.3, -0.25) is 4.99 Å². The molecule has 27 heavy (non-hydrogen) atoms. The van der Waals surface area contributed by atoms with Crippen molar-refractivity contribution < 1.29 is 9.47 Å². The number of fused-ring (bicyclic) bond motifs is 1. The zero-order valence-corrected chi connectivity index (χ0v) is 16.6. The van der Waals surface area contributed by atoms with Gasteiger partial charge in [-0.25, -0.2) is 0 Å². The van der Waals surface area contributed by atoms with Crippen LogP contribution in [0.25, 0.3) is 0 Å². The Bertz CT molecular complexity index is 843. The maximum atomic E-state index is 6.13. The van der Waals surface area contributed by atoms with Crippen LogP contribution in [0.15, 0.2) is 41.4 Å². The molecule has 0 spiro atoms. The Balaban J connectivity index is 1.69. The number of ether oxygens (including phenoxy) is 2. The van der Waals surface area contributed by atoms with Gasteiger partial charge in [-0.1, -0.05) is 26.0 Å². The minimum Gasteiger partial charge on any atom is -0.493 e. The Labute approximate surface area is 161 Å². The van der Waals surface area contributed by atoms with Crippen molar-refractivity contribution in [2.75, 3.05) is 26.1 Å². The third-order valence-electron chi connectivity index (χ3n) is 5.18. The fourth-order valence-corrected chi connectivity index (χ4v) is 3.47. The fourth-order valence-electron chi connectivity index (χ4n) is 3.47. The molecule has 0 radical (unpaired) electrons. The highest BCUT2D eigenvalue weighted by atomic mass is 16.5. The molecule has 0 saturated heterocycles. The minimum absolute atomic E-state index is 0.191. The molecule has 5 nitrogen and oxygen atoms in total. The van der Waals surface area contributed by atoms with Crippen LogP contribution in [0.1, 0.15) is 37.0 Å². The normalized spacial score (nSPS) is 14.0. The van der Waals surface area contributed by atoms with E-state index in [0.717, 1.165) is 29.2 Å². The predicted molar refractivity (Wildman–Crippen MR) is 111 cm³/mol. The molecule has 0 atom stereocenters. The highest BCUT2D eigenvalue weighted by Gasteiger charge is 2.22. The van der Waals surface area contributed by atoms with Gasteiger partial charge in [0, 0.05) is 11.1 Å². The average Bonchev–Trinajstić information content (AvgIpc) is 3.13. The lowest BCUT2D eigenvalue weighted by molar-refractivity contribution is 0.353. The zero-order valence-electron chi connectivity index (χ0n) is 16.6. The quantitative estimate of drug-likeness (QED) is 0.600. The number of hydrogen-bond acceptors (Lipinski definition) is 3. The summed E-state index contributed by atoms with van der Waals surface area (Å²) < 4.78 is 10.7. The second-order valence-corrected chi connectivity index (χ2v) is 7.62. The first-order valence-electron chi connectivity index (χ1n) is 9.34. The predicted octanol–water partition coefficient (Wildman–Crippen LogP) is 3.90. The van der Waals surface area contributed by atoms with Gasteiger partial charge in [0.2, 0.25) is 0 Å². The van der Waals surface area contributed by atoms with Gasteiger partial charge in [0.05, 0.1) is 20.8 Å². The van der Waals surface area contributed by atoms with Gasteiger partial charge in [0.15, 0.2) is 17.5 Å². The molecule has 5 heteroatoms. The van der Waals surface area contributed by atoms with Crippen LogP contribution >= 0.6 is 0 Å². The van der Waals surface area contributed by atoms with E-state index in [0.29, 0.717) is 12.5 Å². The van der Waals surface area contributed by atoms with Crippen molar-refractivity contribution in [2.24, 2.45) is 10.7 Å². The van der Waals surface area contributed by atoms with Gasteiger partial charge in [-0.2, -0.15) is 0 Å². The highest BCUT2D eigenvalue weighted by Crippen LogP contribution is 2.33. The van der Waals surface area contributed by atoms with Crippen LogP contribution in [0.3, 0.4) is 0 Å². The first-order valence-corrected chi connectivity index (χ1v) is 9.34. The summed E-state index contributed by atoms with van der Waals surface area (Å²) in [5.41, 5.74) is 10.9. The average molecular weight is 367 g/mol. The van der Waals surface area contributed by atoms with Gasteiger partial charge < -0.3 is 20.5 Å². The van der Waals surface area contributed by atoms with E-state index < -0.39 is 0 Å². The Morgan fingerprint density at radius 3 is 2.52 bits per heavy atom. The van der Waals surface area contributed by atoms with E-state index >= 15 is 0 Å². The Morgan fingerprint density at radius 1 is 1.04 bits per heavy atom. The summed E-state index contributed by atoms with van der Waals surface area (Å²) in [6.45, 7) is 4.84. The molecule has 0 aromatic heterocycles. The molecule has 3 rings (SSSR count). The molecule has 0 fully saturated rings. The van der Waals surface area contributed by atoms with Crippen molar-refractivity contribution in [1.82, 2.24) is 0 Å². The van der Waals surface area contributed by atoms with Crippen molar-refractivity contribution in [3.05, 3.63) is 53.1 Å². The molecule has 0 aliphatic heterocycles. The Kier molecular flexibility index (Phi) is 5.59. The Hall–Kier alpha value is -2.69. The molecule has 0 heterocycles. The van der Waals surface area contributed by atoms with Crippen LogP contribution in [-0.4, -0.2) is 26.7 Å². The number of aryl methyl sites for hydroxylation is 2. The maximum absolute atomic E-state index is 6.13. The number of methoxy groups -OCH3 is 2. The molecular weight excluding hydrogens is 338 g/mol. The lowest BCUT2D eigenvalue weighted by atomic mass is 9.84. The largest absolute Gasteiger partial charge is 0.493 e. The van der Waals surface area contributed by atoms with Crippen molar-refractivity contribution in [2.45, 2.75) is 38.5 Å². The molecule has 3 N–H and O–H groups in total. The number of nitrogens with one attached hydrogen (secondary N) is 1.